The second-order valence-corrected chi connectivity index (χ2v) is 5.76. The Labute approximate surface area is 145 Å². The third kappa shape index (κ3) is 2.78. The Hall–Kier alpha value is -3.40. The molecule has 0 saturated heterocycles. The van der Waals surface area contributed by atoms with E-state index in [-0.39, 0.29) is 5.97 Å². The van der Waals surface area contributed by atoms with E-state index in [9.17, 15) is 4.79 Å². The minimum absolute atomic E-state index is 0.345. The number of rotatable bonds is 3. The van der Waals surface area contributed by atoms with Gasteiger partial charge in [-0.15, -0.1) is 0 Å². The number of benzene rings is 2. The first kappa shape index (κ1) is 15.1. The maximum atomic E-state index is 11.8. The Morgan fingerprint density at radius 1 is 0.960 bits per heavy atom. The molecular weight excluding hydrogens is 312 g/mol. The first-order valence-electron chi connectivity index (χ1n) is 7.97. The van der Waals surface area contributed by atoms with Gasteiger partial charge in [-0.1, -0.05) is 42.5 Å². The van der Waals surface area contributed by atoms with E-state index in [0.29, 0.717) is 5.56 Å². The minimum Gasteiger partial charge on any atom is -0.465 e. The minimum atomic E-state index is -0.345. The molecule has 0 amide bonds. The Morgan fingerprint density at radius 2 is 1.76 bits per heavy atom. The lowest BCUT2D eigenvalue weighted by atomic mass is 10.0. The van der Waals surface area contributed by atoms with Gasteiger partial charge in [0.15, 0.2) is 0 Å². The number of pyridine rings is 1. The van der Waals surface area contributed by atoms with Crippen molar-refractivity contribution < 1.29 is 9.53 Å². The highest BCUT2D eigenvalue weighted by Crippen LogP contribution is 2.31. The fraction of sp³-hybridized carbons (Fsp3) is 0.0476. The molecule has 1 N–H and O–H groups in total. The van der Waals surface area contributed by atoms with Crippen molar-refractivity contribution in [1.82, 2.24) is 9.97 Å². The molecule has 2 aromatic heterocycles. The second kappa shape index (κ2) is 6.24. The molecule has 0 spiro atoms. The normalized spacial score (nSPS) is 10.8. The van der Waals surface area contributed by atoms with E-state index < -0.39 is 0 Å². The molecule has 0 unspecified atom stereocenters. The maximum Gasteiger partial charge on any atom is 0.337 e. The van der Waals surface area contributed by atoms with Gasteiger partial charge >= 0.3 is 5.97 Å². The number of nitrogens with one attached hydrogen (secondary N) is 1. The third-order valence-electron chi connectivity index (χ3n) is 4.23. The summed E-state index contributed by atoms with van der Waals surface area (Å²) < 4.78 is 4.80. The molecule has 2 aromatic carbocycles. The predicted octanol–water partition coefficient (Wildman–Crippen LogP) is 4.68. The van der Waals surface area contributed by atoms with Gasteiger partial charge < -0.3 is 9.72 Å². The molecule has 0 fully saturated rings. The Morgan fingerprint density at radius 3 is 2.56 bits per heavy atom. The average Bonchev–Trinajstić information content (AvgIpc) is 3.11. The van der Waals surface area contributed by atoms with Crippen molar-refractivity contribution in [3.05, 3.63) is 78.6 Å². The van der Waals surface area contributed by atoms with E-state index >= 15 is 0 Å². The van der Waals surface area contributed by atoms with E-state index in [4.69, 9.17) is 4.74 Å². The fourth-order valence-corrected chi connectivity index (χ4v) is 2.96. The van der Waals surface area contributed by atoms with Crippen molar-refractivity contribution in [3.63, 3.8) is 0 Å². The van der Waals surface area contributed by atoms with Crippen molar-refractivity contribution in [2.24, 2.45) is 0 Å². The molecule has 4 aromatic rings. The van der Waals surface area contributed by atoms with E-state index in [1.165, 1.54) is 7.11 Å². The van der Waals surface area contributed by atoms with Gasteiger partial charge in [0, 0.05) is 28.9 Å². The summed E-state index contributed by atoms with van der Waals surface area (Å²) in [5.41, 5.74) is 5.49. The number of hydrogen-bond acceptors (Lipinski definition) is 3. The molecule has 4 heteroatoms. The number of H-pyrrole nitrogens is 1. The van der Waals surface area contributed by atoms with Crippen LogP contribution in [0.1, 0.15) is 10.4 Å². The Kier molecular flexibility index (Phi) is 3.78. The zero-order chi connectivity index (χ0) is 17.2. The van der Waals surface area contributed by atoms with Gasteiger partial charge in [-0.25, -0.2) is 9.78 Å². The molecule has 0 radical (unpaired) electrons. The van der Waals surface area contributed by atoms with Crippen LogP contribution < -0.4 is 0 Å². The number of esters is 1. The molecule has 0 atom stereocenters. The zero-order valence-corrected chi connectivity index (χ0v) is 13.7. The third-order valence-corrected chi connectivity index (χ3v) is 4.23. The number of aromatic nitrogens is 2. The Balaban J connectivity index is 1.83. The summed E-state index contributed by atoms with van der Waals surface area (Å²) in [6.45, 7) is 0. The summed E-state index contributed by atoms with van der Waals surface area (Å²) in [6.07, 6.45) is 3.78. The number of aromatic amines is 1. The van der Waals surface area contributed by atoms with Crippen LogP contribution in [-0.2, 0) is 4.74 Å². The standard InChI is InChI=1S/C21H16N2O2/c1-25-21(24)16-9-5-8-15(10-16)17-11-18-19(13-23-20(18)22-12-17)14-6-3-2-4-7-14/h2-13H,1H3,(H,22,23). The van der Waals surface area contributed by atoms with Crippen LogP contribution in [0.15, 0.2) is 73.1 Å². The molecule has 0 saturated carbocycles. The lowest BCUT2D eigenvalue weighted by Crippen LogP contribution is -2.00. The van der Waals surface area contributed by atoms with E-state index in [0.717, 1.165) is 33.3 Å². The van der Waals surface area contributed by atoms with Gasteiger partial charge in [0.2, 0.25) is 0 Å². The fourth-order valence-electron chi connectivity index (χ4n) is 2.96. The number of nitrogens with zero attached hydrogens (tertiary/aromatic N) is 1. The lowest BCUT2D eigenvalue weighted by molar-refractivity contribution is 0.0601. The topological polar surface area (TPSA) is 55.0 Å². The van der Waals surface area contributed by atoms with Gasteiger partial charge in [0.05, 0.1) is 12.7 Å². The van der Waals surface area contributed by atoms with Crippen molar-refractivity contribution in [2.75, 3.05) is 7.11 Å². The van der Waals surface area contributed by atoms with Crippen LogP contribution in [0.5, 0.6) is 0 Å². The molecule has 0 aliphatic heterocycles. The van der Waals surface area contributed by atoms with Crippen LogP contribution in [0.25, 0.3) is 33.3 Å². The Bertz CT molecular complexity index is 1050. The summed E-state index contributed by atoms with van der Waals surface area (Å²) in [5, 5.41) is 1.05. The van der Waals surface area contributed by atoms with Crippen molar-refractivity contribution in [2.45, 2.75) is 0 Å². The number of methoxy groups -OCH3 is 1. The van der Waals surface area contributed by atoms with Crippen LogP contribution in [-0.4, -0.2) is 23.0 Å². The average molecular weight is 328 g/mol. The highest BCUT2D eigenvalue weighted by molar-refractivity contribution is 5.96. The molecular formula is C21H16N2O2. The monoisotopic (exact) mass is 328 g/mol. The van der Waals surface area contributed by atoms with Crippen molar-refractivity contribution in [3.8, 4) is 22.3 Å². The second-order valence-electron chi connectivity index (χ2n) is 5.76. The SMILES string of the molecule is COC(=O)c1cccc(-c2cnc3[nH]cc(-c4ccccc4)c3c2)c1. The highest BCUT2D eigenvalue weighted by atomic mass is 16.5. The number of ether oxygens (including phenoxy) is 1. The quantitative estimate of drug-likeness (QED) is 0.555. The summed E-state index contributed by atoms with van der Waals surface area (Å²) in [6, 6.07) is 19.7. The van der Waals surface area contributed by atoms with Crippen LogP contribution in [0, 0.1) is 0 Å². The number of hydrogen-bond donors (Lipinski definition) is 1. The number of carbonyl (C=O) groups is 1. The van der Waals surface area contributed by atoms with Crippen LogP contribution in [0.4, 0.5) is 0 Å². The smallest absolute Gasteiger partial charge is 0.337 e. The molecule has 0 aliphatic carbocycles. The van der Waals surface area contributed by atoms with E-state index in [1.807, 2.05) is 48.8 Å². The molecule has 2 heterocycles. The van der Waals surface area contributed by atoms with Crippen molar-refractivity contribution >= 4 is 17.0 Å². The highest BCUT2D eigenvalue weighted by Gasteiger charge is 2.11. The van der Waals surface area contributed by atoms with E-state index in [2.05, 4.69) is 28.2 Å². The summed E-state index contributed by atoms with van der Waals surface area (Å²) >= 11 is 0. The molecule has 25 heavy (non-hydrogen) atoms. The summed E-state index contributed by atoms with van der Waals surface area (Å²) in [5.74, 6) is -0.345. The van der Waals surface area contributed by atoms with Gasteiger partial charge in [-0.2, -0.15) is 0 Å². The summed E-state index contributed by atoms with van der Waals surface area (Å²) in [7, 11) is 1.38. The van der Waals surface area contributed by atoms with Crippen LogP contribution >= 0.6 is 0 Å². The maximum absolute atomic E-state index is 11.8. The van der Waals surface area contributed by atoms with Gasteiger partial charge in [0.25, 0.3) is 0 Å². The summed E-state index contributed by atoms with van der Waals surface area (Å²) in [4.78, 5) is 19.5. The molecule has 0 bridgehead atoms. The largest absolute Gasteiger partial charge is 0.465 e. The molecule has 4 rings (SSSR count). The number of fused-ring (bicyclic) bond motifs is 1. The molecule has 0 aliphatic rings. The molecule has 4 nitrogen and oxygen atoms in total. The lowest BCUT2D eigenvalue weighted by Gasteiger charge is -2.05. The van der Waals surface area contributed by atoms with Gasteiger partial charge in [0.1, 0.15) is 5.65 Å². The predicted molar refractivity (Wildman–Crippen MR) is 98.3 cm³/mol. The van der Waals surface area contributed by atoms with Gasteiger partial charge in [-0.3, -0.25) is 0 Å². The van der Waals surface area contributed by atoms with Crippen molar-refractivity contribution in [1.29, 1.82) is 0 Å². The van der Waals surface area contributed by atoms with E-state index in [1.54, 1.807) is 6.07 Å². The molecule has 122 valence electrons. The van der Waals surface area contributed by atoms with Gasteiger partial charge in [-0.05, 0) is 29.3 Å². The van der Waals surface area contributed by atoms with Crippen LogP contribution in [0.2, 0.25) is 0 Å². The van der Waals surface area contributed by atoms with Crippen LogP contribution in [0.3, 0.4) is 0 Å². The zero-order valence-electron chi connectivity index (χ0n) is 13.7. The number of carbonyl (C=O) groups excluding carboxylic acids is 1. The first-order chi connectivity index (χ1) is 12.3. The first-order valence-corrected chi connectivity index (χ1v) is 7.97.